The van der Waals surface area contributed by atoms with Gasteiger partial charge in [0, 0.05) is 16.1 Å². The topological polar surface area (TPSA) is 59.9 Å². The van der Waals surface area contributed by atoms with Crippen LogP contribution in [0.25, 0.3) is 0 Å². The van der Waals surface area contributed by atoms with Gasteiger partial charge in [-0.05, 0) is 49.4 Å². The summed E-state index contributed by atoms with van der Waals surface area (Å²) in [6.45, 7) is -1.29. The molecule has 0 saturated heterocycles. The zero-order valence-corrected chi connectivity index (χ0v) is 14.2. The third-order valence-electron chi connectivity index (χ3n) is 3.23. The molecule has 0 aliphatic carbocycles. The standard InChI is InChI=1S/C17H15ClF2N2O3/c1-10(21-22-16(23)11-3-6-13(18)7-4-11)12-5-8-14(25-17(19)20)15(9-12)24-2/h3-9,17H,1-2H3,(H,22,23)/b21-10-. The number of nitrogens with one attached hydrogen (secondary N) is 1. The summed E-state index contributed by atoms with van der Waals surface area (Å²) in [5.74, 6) is -0.351. The molecule has 1 N–H and O–H groups in total. The molecule has 1 amide bonds. The Morgan fingerprint density at radius 1 is 1.12 bits per heavy atom. The SMILES string of the molecule is COc1cc(/C(C)=N\NC(=O)c2ccc(Cl)cc2)ccc1OC(F)F. The predicted molar refractivity (Wildman–Crippen MR) is 90.8 cm³/mol. The third-order valence-corrected chi connectivity index (χ3v) is 3.48. The summed E-state index contributed by atoms with van der Waals surface area (Å²) in [7, 11) is 1.34. The molecule has 0 heterocycles. The lowest BCUT2D eigenvalue weighted by atomic mass is 10.1. The number of hydrogen-bond donors (Lipinski definition) is 1. The molecular weight excluding hydrogens is 354 g/mol. The molecule has 2 aromatic carbocycles. The Morgan fingerprint density at radius 3 is 2.36 bits per heavy atom. The van der Waals surface area contributed by atoms with Crippen molar-refractivity contribution in [3.8, 4) is 11.5 Å². The van der Waals surface area contributed by atoms with Crippen LogP contribution in [0.5, 0.6) is 11.5 Å². The van der Waals surface area contributed by atoms with Gasteiger partial charge in [0.25, 0.3) is 5.91 Å². The number of benzene rings is 2. The van der Waals surface area contributed by atoms with Crippen molar-refractivity contribution in [3.05, 3.63) is 58.6 Å². The summed E-state index contributed by atoms with van der Waals surface area (Å²) < 4.78 is 34.1. The molecule has 0 bridgehead atoms. The third kappa shape index (κ3) is 5.15. The van der Waals surface area contributed by atoms with Crippen molar-refractivity contribution in [3.63, 3.8) is 0 Å². The van der Waals surface area contributed by atoms with Crippen LogP contribution in [0.1, 0.15) is 22.8 Å². The van der Waals surface area contributed by atoms with Gasteiger partial charge in [0.1, 0.15) is 0 Å². The molecule has 0 saturated carbocycles. The molecule has 0 spiro atoms. The molecule has 25 heavy (non-hydrogen) atoms. The van der Waals surface area contributed by atoms with Crippen LogP contribution in [0.3, 0.4) is 0 Å². The molecule has 2 rings (SSSR count). The number of carbonyl (C=O) groups is 1. The minimum absolute atomic E-state index is 0.0840. The first kappa shape index (κ1) is 18.7. The zero-order valence-electron chi connectivity index (χ0n) is 13.4. The van der Waals surface area contributed by atoms with Gasteiger partial charge in [-0.25, -0.2) is 5.43 Å². The van der Waals surface area contributed by atoms with Crippen LogP contribution in [0.2, 0.25) is 5.02 Å². The molecule has 0 aromatic heterocycles. The first-order chi connectivity index (χ1) is 11.9. The van der Waals surface area contributed by atoms with Crippen LogP contribution in [-0.4, -0.2) is 25.3 Å². The quantitative estimate of drug-likeness (QED) is 0.616. The van der Waals surface area contributed by atoms with E-state index in [1.165, 1.54) is 25.3 Å². The summed E-state index contributed by atoms with van der Waals surface area (Å²) >= 11 is 5.77. The van der Waals surface area contributed by atoms with E-state index in [1.54, 1.807) is 31.2 Å². The van der Waals surface area contributed by atoms with Crippen molar-refractivity contribution < 1.29 is 23.0 Å². The second-order valence-corrected chi connectivity index (χ2v) is 5.33. The van der Waals surface area contributed by atoms with E-state index in [1.807, 2.05) is 0 Å². The molecule has 0 radical (unpaired) electrons. The highest BCUT2D eigenvalue weighted by Gasteiger charge is 2.12. The maximum absolute atomic E-state index is 12.3. The van der Waals surface area contributed by atoms with Crippen LogP contribution in [0.4, 0.5) is 8.78 Å². The average Bonchev–Trinajstić information content (AvgIpc) is 2.59. The van der Waals surface area contributed by atoms with Gasteiger partial charge < -0.3 is 9.47 Å². The largest absolute Gasteiger partial charge is 0.493 e. The first-order valence-electron chi connectivity index (χ1n) is 7.14. The highest BCUT2D eigenvalue weighted by Crippen LogP contribution is 2.29. The molecular formula is C17H15ClF2N2O3. The van der Waals surface area contributed by atoms with Crippen molar-refractivity contribution in [1.82, 2.24) is 5.43 Å². The van der Waals surface area contributed by atoms with Crippen molar-refractivity contribution in [2.45, 2.75) is 13.5 Å². The van der Waals surface area contributed by atoms with E-state index in [2.05, 4.69) is 15.3 Å². The number of halogens is 3. The van der Waals surface area contributed by atoms with E-state index in [4.69, 9.17) is 16.3 Å². The highest BCUT2D eigenvalue weighted by atomic mass is 35.5. The van der Waals surface area contributed by atoms with E-state index >= 15 is 0 Å². The van der Waals surface area contributed by atoms with E-state index in [-0.39, 0.29) is 11.5 Å². The fourth-order valence-electron chi connectivity index (χ4n) is 1.95. The molecule has 5 nitrogen and oxygen atoms in total. The first-order valence-corrected chi connectivity index (χ1v) is 7.52. The fourth-order valence-corrected chi connectivity index (χ4v) is 2.08. The van der Waals surface area contributed by atoms with Crippen LogP contribution in [0, 0.1) is 0 Å². The Balaban J connectivity index is 2.13. The van der Waals surface area contributed by atoms with Crippen LogP contribution < -0.4 is 14.9 Å². The molecule has 132 valence electrons. The van der Waals surface area contributed by atoms with Crippen LogP contribution in [0.15, 0.2) is 47.6 Å². The fraction of sp³-hybridized carbons (Fsp3) is 0.176. The summed E-state index contributed by atoms with van der Waals surface area (Å²) in [5, 5.41) is 4.52. The smallest absolute Gasteiger partial charge is 0.387 e. The Bertz CT molecular complexity index is 780. The monoisotopic (exact) mass is 368 g/mol. The number of nitrogens with zero attached hydrogens (tertiary/aromatic N) is 1. The number of amides is 1. The highest BCUT2D eigenvalue weighted by molar-refractivity contribution is 6.30. The number of carbonyl (C=O) groups excluding carboxylic acids is 1. The van der Waals surface area contributed by atoms with Crippen molar-refractivity contribution in [1.29, 1.82) is 0 Å². The summed E-state index contributed by atoms with van der Waals surface area (Å²) in [6, 6.07) is 10.7. The minimum atomic E-state index is -2.95. The van der Waals surface area contributed by atoms with Gasteiger partial charge in [-0.1, -0.05) is 11.6 Å². The molecule has 0 aliphatic rings. The molecule has 0 fully saturated rings. The summed E-state index contributed by atoms with van der Waals surface area (Å²) in [6.07, 6.45) is 0. The lowest BCUT2D eigenvalue weighted by Gasteiger charge is -2.11. The number of rotatable bonds is 6. The van der Waals surface area contributed by atoms with Crippen molar-refractivity contribution >= 4 is 23.2 Å². The van der Waals surface area contributed by atoms with E-state index in [9.17, 15) is 13.6 Å². The van der Waals surface area contributed by atoms with Gasteiger partial charge in [-0.3, -0.25) is 4.79 Å². The Labute approximate surface area is 148 Å². The Kier molecular flexibility index (Phi) is 6.30. The second-order valence-electron chi connectivity index (χ2n) is 4.89. The van der Waals surface area contributed by atoms with Crippen LogP contribution in [-0.2, 0) is 0 Å². The predicted octanol–water partition coefficient (Wildman–Crippen LogP) is 4.10. The minimum Gasteiger partial charge on any atom is -0.493 e. The Morgan fingerprint density at radius 2 is 1.76 bits per heavy atom. The van der Waals surface area contributed by atoms with Crippen molar-refractivity contribution in [2.24, 2.45) is 5.10 Å². The van der Waals surface area contributed by atoms with Gasteiger partial charge >= 0.3 is 6.61 Å². The molecule has 0 aliphatic heterocycles. The number of hydrazone groups is 1. The van der Waals surface area contributed by atoms with Gasteiger partial charge in [-0.2, -0.15) is 13.9 Å². The molecule has 8 heteroatoms. The van der Waals surface area contributed by atoms with Gasteiger partial charge in [0.2, 0.25) is 0 Å². The van der Waals surface area contributed by atoms with Gasteiger partial charge in [0.05, 0.1) is 12.8 Å². The average molecular weight is 369 g/mol. The van der Waals surface area contributed by atoms with Gasteiger partial charge in [0.15, 0.2) is 11.5 Å². The Hall–Kier alpha value is -2.67. The van der Waals surface area contributed by atoms with Crippen LogP contribution >= 0.6 is 11.6 Å². The summed E-state index contributed by atoms with van der Waals surface area (Å²) in [5.41, 5.74) is 3.86. The number of hydrogen-bond acceptors (Lipinski definition) is 4. The zero-order chi connectivity index (χ0) is 18.4. The molecule has 2 aromatic rings. The lowest BCUT2D eigenvalue weighted by molar-refractivity contribution is -0.0512. The van der Waals surface area contributed by atoms with Crippen molar-refractivity contribution in [2.75, 3.05) is 7.11 Å². The normalized spacial score (nSPS) is 11.4. The number of methoxy groups -OCH3 is 1. The lowest BCUT2D eigenvalue weighted by Crippen LogP contribution is -2.19. The molecule has 0 atom stereocenters. The van der Waals surface area contributed by atoms with E-state index in [0.29, 0.717) is 21.9 Å². The molecule has 0 unspecified atom stereocenters. The maximum atomic E-state index is 12.3. The second kappa shape index (κ2) is 8.43. The van der Waals surface area contributed by atoms with E-state index < -0.39 is 12.5 Å². The van der Waals surface area contributed by atoms with E-state index in [0.717, 1.165) is 0 Å². The van der Waals surface area contributed by atoms with Gasteiger partial charge in [-0.15, -0.1) is 0 Å². The number of alkyl halides is 2. The maximum Gasteiger partial charge on any atom is 0.387 e. The number of ether oxygens (including phenoxy) is 2. The summed E-state index contributed by atoms with van der Waals surface area (Å²) in [4.78, 5) is 12.0.